The monoisotopic (exact) mass is 453 g/mol. The number of hydrogen-bond acceptors (Lipinski definition) is 4. The Morgan fingerprint density at radius 1 is 1.06 bits per heavy atom. The SMILES string of the molecule is Cc1cc(OCC(=O)NC23CC(NC(=O)c4ccc5cc(F)ccc5n4)(C2)C3)ccc1Cl. The van der Waals surface area contributed by atoms with Crippen molar-refractivity contribution in [1.29, 1.82) is 0 Å². The van der Waals surface area contributed by atoms with Gasteiger partial charge in [0.25, 0.3) is 11.8 Å². The van der Waals surface area contributed by atoms with Crippen LogP contribution in [0.3, 0.4) is 0 Å². The number of pyridine rings is 1. The number of amides is 2. The van der Waals surface area contributed by atoms with Gasteiger partial charge in [-0.3, -0.25) is 9.59 Å². The molecular formula is C24H21ClFN3O3. The van der Waals surface area contributed by atoms with Crippen molar-refractivity contribution >= 4 is 34.3 Å². The molecular weight excluding hydrogens is 433 g/mol. The van der Waals surface area contributed by atoms with Gasteiger partial charge in [-0.05, 0) is 74.2 Å². The normalized spacial score (nSPS) is 23.1. The number of nitrogens with zero attached hydrogens (tertiary/aromatic N) is 1. The Hall–Kier alpha value is -3.19. The molecule has 2 amide bonds. The fraction of sp³-hybridized carbons (Fsp3) is 0.292. The van der Waals surface area contributed by atoms with E-state index in [4.69, 9.17) is 16.3 Å². The number of fused-ring (bicyclic) bond motifs is 1. The van der Waals surface area contributed by atoms with E-state index in [0.717, 1.165) is 5.56 Å². The van der Waals surface area contributed by atoms with Gasteiger partial charge in [-0.1, -0.05) is 17.7 Å². The maximum absolute atomic E-state index is 13.3. The highest BCUT2D eigenvalue weighted by atomic mass is 35.5. The number of aryl methyl sites for hydroxylation is 1. The summed E-state index contributed by atoms with van der Waals surface area (Å²) < 4.78 is 18.9. The van der Waals surface area contributed by atoms with Gasteiger partial charge in [0.1, 0.15) is 17.3 Å². The van der Waals surface area contributed by atoms with Crippen molar-refractivity contribution in [1.82, 2.24) is 15.6 Å². The molecule has 1 heterocycles. The third kappa shape index (κ3) is 3.77. The second-order valence-electron chi connectivity index (χ2n) is 8.83. The molecule has 0 radical (unpaired) electrons. The Balaban J connectivity index is 1.13. The molecule has 8 heteroatoms. The van der Waals surface area contributed by atoms with Gasteiger partial charge in [0.05, 0.1) is 5.52 Å². The molecule has 3 saturated carbocycles. The van der Waals surface area contributed by atoms with E-state index in [1.54, 1.807) is 36.4 Å². The third-order valence-electron chi connectivity index (χ3n) is 6.20. The Morgan fingerprint density at radius 2 is 1.81 bits per heavy atom. The van der Waals surface area contributed by atoms with Crippen LogP contribution in [0, 0.1) is 12.7 Å². The lowest BCUT2D eigenvalue weighted by Crippen LogP contribution is -2.84. The van der Waals surface area contributed by atoms with Crippen LogP contribution in [0.25, 0.3) is 10.9 Å². The fourth-order valence-corrected chi connectivity index (χ4v) is 4.89. The summed E-state index contributed by atoms with van der Waals surface area (Å²) in [5, 5.41) is 7.37. The van der Waals surface area contributed by atoms with E-state index >= 15 is 0 Å². The molecule has 0 unspecified atom stereocenters. The summed E-state index contributed by atoms with van der Waals surface area (Å²) in [7, 11) is 0. The molecule has 32 heavy (non-hydrogen) atoms. The molecule has 3 aliphatic carbocycles. The van der Waals surface area contributed by atoms with E-state index in [1.165, 1.54) is 12.1 Å². The molecule has 0 saturated heterocycles. The Labute approximate surface area is 189 Å². The average molecular weight is 454 g/mol. The van der Waals surface area contributed by atoms with Crippen molar-refractivity contribution in [2.45, 2.75) is 37.3 Å². The predicted molar refractivity (Wildman–Crippen MR) is 118 cm³/mol. The smallest absolute Gasteiger partial charge is 0.270 e. The number of rotatable bonds is 6. The van der Waals surface area contributed by atoms with Crippen LogP contribution >= 0.6 is 11.6 Å². The Bertz CT molecular complexity index is 1240. The highest BCUT2D eigenvalue weighted by Gasteiger charge is 2.69. The van der Waals surface area contributed by atoms with E-state index in [-0.39, 0.29) is 35.3 Å². The number of aromatic nitrogens is 1. The summed E-state index contributed by atoms with van der Waals surface area (Å²) in [5.74, 6) is -0.210. The maximum atomic E-state index is 13.3. The van der Waals surface area contributed by atoms with Crippen LogP contribution < -0.4 is 15.4 Å². The molecule has 3 aromatic rings. The molecule has 2 bridgehead atoms. The zero-order valence-corrected chi connectivity index (χ0v) is 18.1. The van der Waals surface area contributed by atoms with E-state index in [2.05, 4.69) is 15.6 Å². The first-order valence-corrected chi connectivity index (χ1v) is 10.7. The minimum atomic E-state index is -0.341. The average Bonchev–Trinajstić information content (AvgIpc) is 2.71. The zero-order valence-electron chi connectivity index (χ0n) is 17.4. The number of nitrogens with one attached hydrogen (secondary N) is 2. The van der Waals surface area contributed by atoms with Crippen molar-refractivity contribution < 1.29 is 18.7 Å². The van der Waals surface area contributed by atoms with E-state index in [1.807, 2.05) is 6.92 Å². The largest absolute Gasteiger partial charge is 0.484 e. The number of halogens is 2. The van der Waals surface area contributed by atoms with E-state index < -0.39 is 0 Å². The van der Waals surface area contributed by atoms with Crippen LogP contribution in [0.1, 0.15) is 35.3 Å². The van der Waals surface area contributed by atoms with Crippen molar-refractivity contribution in [3.63, 3.8) is 0 Å². The highest BCUT2D eigenvalue weighted by molar-refractivity contribution is 6.31. The van der Waals surface area contributed by atoms with Crippen LogP contribution in [0.5, 0.6) is 5.75 Å². The van der Waals surface area contributed by atoms with Crippen LogP contribution in [-0.2, 0) is 4.79 Å². The summed E-state index contributed by atoms with van der Waals surface area (Å²) >= 11 is 6.00. The summed E-state index contributed by atoms with van der Waals surface area (Å²) in [6.07, 6.45) is 2.03. The molecule has 6 nitrogen and oxygen atoms in total. The molecule has 3 aliphatic rings. The van der Waals surface area contributed by atoms with Gasteiger partial charge >= 0.3 is 0 Å². The number of carbonyl (C=O) groups excluding carboxylic acids is 2. The van der Waals surface area contributed by atoms with E-state index in [9.17, 15) is 14.0 Å². The minimum Gasteiger partial charge on any atom is -0.484 e. The molecule has 6 rings (SSSR count). The molecule has 0 aliphatic heterocycles. The minimum absolute atomic E-state index is 0.0796. The second-order valence-corrected chi connectivity index (χ2v) is 9.23. The number of carbonyl (C=O) groups is 2. The van der Waals surface area contributed by atoms with Gasteiger partial charge in [-0.15, -0.1) is 0 Å². The fourth-order valence-electron chi connectivity index (χ4n) is 4.77. The van der Waals surface area contributed by atoms with Gasteiger partial charge in [0.15, 0.2) is 6.61 Å². The van der Waals surface area contributed by atoms with Crippen LogP contribution in [-0.4, -0.2) is 34.5 Å². The van der Waals surface area contributed by atoms with Gasteiger partial charge in [-0.2, -0.15) is 0 Å². The van der Waals surface area contributed by atoms with Crippen molar-refractivity contribution in [2.75, 3.05) is 6.61 Å². The lowest BCUT2D eigenvalue weighted by atomic mass is 9.44. The van der Waals surface area contributed by atoms with Gasteiger partial charge < -0.3 is 15.4 Å². The molecule has 0 spiro atoms. The van der Waals surface area contributed by atoms with Gasteiger partial charge in [-0.25, -0.2) is 9.37 Å². The van der Waals surface area contributed by atoms with Gasteiger partial charge in [0.2, 0.25) is 0 Å². The standard InChI is InChI=1S/C24H21ClFN3O3/c1-14-8-17(4-5-18(14)25)32-10-21(30)28-23-11-24(12-23,13-23)29-22(31)20-6-2-15-9-16(26)3-7-19(15)27-20/h2-9H,10-13H2,1H3,(H,28,30)(H,29,31). The summed E-state index contributed by atoms with van der Waals surface area (Å²) in [5.41, 5.74) is 1.15. The molecule has 2 N–H and O–H groups in total. The molecule has 1 aromatic heterocycles. The van der Waals surface area contributed by atoms with Crippen molar-refractivity contribution in [3.8, 4) is 5.75 Å². The number of ether oxygens (including phenoxy) is 1. The predicted octanol–water partition coefficient (Wildman–Crippen LogP) is 3.94. The van der Waals surface area contributed by atoms with Gasteiger partial charge in [0, 0.05) is 21.5 Å². The van der Waals surface area contributed by atoms with Crippen molar-refractivity contribution in [2.24, 2.45) is 0 Å². The maximum Gasteiger partial charge on any atom is 0.270 e. The second kappa shape index (κ2) is 7.45. The first-order valence-electron chi connectivity index (χ1n) is 10.3. The van der Waals surface area contributed by atoms with Crippen LogP contribution in [0.4, 0.5) is 4.39 Å². The Morgan fingerprint density at radius 3 is 2.56 bits per heavy atom. The highest BCUT2D eigenvalue weighted by Crippen LogP contribution is 2.60. The number of benzene rings is 2. The van der Waals surface area contributed by atoms with Crippen molar-refractivity contribution in [3.05, 3.63) is 70.6 Å². The topological polar surface area (TPSA) is 80.3 Å². The lowest BCUT2D eigenvalue weighted by molar-refractivity contribution is -0.141. The molecule has 0 atom stereocenters. The summed E-state index contributed by atoms with van der Waals surface area (Å²) in [4.78, 5) is 29.3. The lowest BCUT2D eigenvalue weighted by Gasteiger charge is -2.70. The quantitative estimate of drug-likeness (QED) is 0.592. The zero-order chi connectivity index (χ0) is 22.5. The van der Waals surface area contributed by atoms with Crippen LogP contribution in [0.15, 0.2) is 48.5 Å². The summed E-state index contributed by atoms with van der Waals surface area (Å²) in [6.45, 7) is 1.79. The van der Waals surface area contributed by atoms with E-state index in [0.29, 0.717) is 46.6 Å². The first-order chi connectivity index (χ1) is 15.2. The number of hydrogen-bond donors (Lipinski definition) is 2. The van der Waals surface area contributed by atoms with Crippen LogP contribution in [0.2, 0.25) is 5.02 Å². The molecule has 3 fully saturated rings. The first kappa shape index (κ1) is 20.7. The third-order valence-corrected chi connectivity index (χ3v) is 6.62. The summed E-state index contributed by atoms with van der Waals surface area (Å²) in [6, 6.07) is 12.8. The molecule has 164 valence electrons. The molecule has 2 aromatic carbocycles. The Kier molecular flexibility index (Phi) is 4.82.